The van der Waals surface area contributed by atoms with Crippen molar-refractivity contribution < 1.29 is 28.3 Å². The van der Waals surface area contributed by atoms with Crippen molar-refractivity contribution in [3.05, 3.63) is 76.6 Å². The summed E-state index contributed by atoms with van der Waals surface area (Å²) in [5.41, 5.74) is 0.228. The number of likely N-dealkylation sites (tertiary alicyclic amines) is 1. The third-order valence-corrected chi connectivity index (χ3v) is 6.15. The number of imidazole rings is 1. The van der Waals surface area contributed by atoms with Gasteiger partial charge in [0.1, 0.15) is 17.1 Å². The van der Waals surface area contributed by atoms with Gasteiger partial charge in [-0.15, -0.1) is 0 Å². The normalized spacial score (nSPS) is 14.9. The Morgan fingerprint density at radius 2 is 1.70 bits per heavy atom. The average molecular weight is 571 g/mol. The number of hydrogen-bond donors (Lipinski definition) is 4. The molecule has 40 heavy (non-hydrogen) atoms. The first-order valence-electron chi connectivity index (χ1n) is 12.4. The van der Waals surface area contributed by atoms with Crippen LogP contribution in [0, 0.1) is 5.82 Å². The Balaban J connectivity index is 1.34. The van der Waals surface area contributed by atoms with E-state index in [2.05, 4.69) is 25.9 Å². The molecule has 0 bridgehead atoms. The fourth-order valence-electron chi connectivity index (χ4n) is 4.02. The molecular weight excluding hydrogens is 543 g/mol. The molecule has 3 aromatic rings. The number of aromatic amines is 1. The quantitative estimate of drug-likeness (QED) is 0.344. The summed E-state index contributed by atoms with van der Waals surface area (Å²) >= 11 is 5.94. The van der Waals surface area contributed by atoms with Gasteiger partial charge in [-0.1, -0.05) is 11.6 Å². The second-order valence-electron chi connectivity index (χ2n) is 10.1. The molecular formula is C27H28ClFN6O5. The van der Waals surface area contributed by atoms with E-state index in [1.165, 1.54) is 17.3 Å². The molecule has 4 N–H and O–H groups in total. The van der Waals surface area contributed by atoms with Crippen molar-refractivity contribution in [2.24, 2.45) is 0 Å². The molecule has 0 spiro atoms. The number of carbonyl (C=O) groups is 4. The van der Waals surface area contributed by atoms with Gasteiger partial charge in [-0.25, -0.2) is 14.2 Å². The van der Waals surface area contributed by atoms with E-state index in [1.54, 1.807) is 45.0 Å². The summed E-state index contributed by atoms with van der Waals surface area (Å²) in [6, 6.07) is 9.42. The number of H-pyrrole nitrogens is 1. The lowest BCUT2D eigenvalue weighted by Gasteiger charge is -2.22. The number of ether oxygens (including phenoxy) is 1. The highest BCUT2D eigenvalue weighted by molar-refractivity contribution is 6.34. The Morgan fingerprint density at radius 1 is 1.05 bits per heavy atom. The van der Waals surface area contributed by atoms with Crippen LogP contribution in [-0.2, 0) is 4.74 Å². The standard InChI is InChI=1S/C27H28ClFN6O5/c1-27(2,3)40-26(39)34-18-10-11-35(13-18)25(38)22-21(30-14-31-22)24(37)33-17-7-5-16(6-8-17)32-23(36)19-9-4-15(29)12-20(19)28/h4-9,12,14,18H,10-11,13H2,1-3H3,(H,30,31)(H,32,36)(H,33,37)(H,34,39). The van der Waals surface area contributed by atoms with E-state index in [9.17, 15) is 23.6 Å². The molecule has 4 amide bonds. The SMILES string of the molecule is CC(C)(C)OC(=O)NC1CCN(C(=O)c2[nH]cnc2C(=O)Nc2ccc(NC(=O)c3ccc(F)cc3Cl)cc2)C1. The van der Waals surface area contributed by atoms with E-state index in [1.807, 2.05) is 0 Å². The summed E-state index contributed by atoms with van der Waals surface area (Å²) in [5.74, 6) is -2.11. The minimum atomic E-state index is -0.636. The lowest BCUT2D eigenvalue weighted by atomic mass is 10.2. The minimum Gasteiger partial charge on any atom is -0.444 e. The van der Waals surface area contributed by atoms with E-state index in [-0.39, 0.29) is 34.6 Å². The lowest BCUT2D eigenvalue weighted by Crippen LogP contribution is -2.41. The maximum absolute atomic E-state index is 13.2. The molecule has 2 heterocycles. The predicted octanol–water partition coefficient (Wildman–Crippen LogP) is 4.45. The molecule has 11 nitrogen and oxygen atoms in total. The van der Waals surface area contributed by atoms with Crippen molar-refractivity contribution in [3.63, 3.8) is 0 Å². The number of rotatable bonds is 6. The third kappa shape index (κ3) is 7.14. The monoisotopic (exact) mass is 570 g/mol. The van der Waals surface area contributed by atoms with E-state index in [0.29, 0.717) is 24.3 Å². The second-order valence-corrected chi connectivity index (χ2v) is 10.5. The van der Waals surface area contributed by atoms with E-state index in [0.717, 1.165) is 12.1 Å². The first-order chi connectivity index (χ1) is 18.9. The minimum absolute atomic E-state index is 0.0190. The number of benzene rings is 2. The number of hydrogen-bond acceptors (Lipinski definition) is 6. The zero-order chi connectivity index (χ0) is 29.0. The Hall–Kier alpha value is -4.45. The zero-order valence-electron chi connectivity index (χ0n) is 22.0. The maximum Gasteiger partial charge on any atom is 0.407 e. The summed E-state index contributed by atoms with van der Waals surface area (Å²) in [5, 5.41) is 8.06. The van der Waals surface area contributed by atoms with Crippen molar-refractivity contribution in [1.82, 2.24) is 20.2 Å². The van der Waals surface area contributed by atoms with Crippen LogP contribution in [0.4, 0.5) is 20.6 Å². The molecule has 210 valence electrons. The first-order valence-corrected chi connectivity index (χ1v) is 12.8. The molecule has 4 rings (SSSR count). The average Bonchev–Trinajstić information content (AvgIpc) is 3.53. The fraction of sp³-hybridized carbons (Fsp3) is 0.296. The number of halogens is 2. The summed E-state index contributed by atoms with van der Waals surface area (Å²) in [7, 11) is 0. The smallest absolute Gasteiger partial charge is 0.407 e. The van der Waals surface area contributed by atoms with E-state index < -0.39 is 35.2 Å². The molecule has 1 unspecified atom stereocenters. The van der Waals surface area contributed by atoms with Crippen molar-refractivity contribution in [3.8, 4) is 0 Å². The van der Waals surface area contributed by atoms with Gasteiger partial charge in [-0.2, -0.15) is 0 Å². The second kappa shape index (κ2) is 11.7. The third-order valence-electron chi connectivity index (χ3n) is 5.84. The molecule has 1 fully saturated rings. The number of nitrogens with zero attached hydrogens (tertiary/aromatic N) is 2. The highest BCUT2D eigenvalue weighted by Gasteiger charge is 2.32. The van der Waals surface area contributed by atoms with Gasteiger partial charge in [0.05, 0.1) is 23.0 Å². The number of nitrogens with one attached hydrogen (secondary N) is 4. The van der Waals surface area contributed by atoms with Crippen LogP contribution in [0.1, 0.15) is 58.5 Å². The first kappa shape index (κ1) is 28.6. The number of amides is 4. The Kier molecular flexibility index (Phi) is 8.38. The van der Waals surface area contributed by atoms with Crippen molar-refractivity contribution >= 4 is 46.8 Å². The summed E-state index contributed by atoms with van der Waals surface area (Å²) in [6.07, 6.45) is 1.24. The molecule has 0 saturated carbocycles. The van der Waals surface area contributed by atoms with Gasteiger partial charge in [0.15, 0.2) is 5.69 Å². The van der Waals surface area contributed by atoms with Gasteiger partial charge in [0, 0.05) is 24.5 Å². The van der Waals surface area contributed by atoms with E-state index in [4.69, 9.17) is 16.3 Å². The lowest BCUT2D eigenvalue weighted by molar-refractivity contribution is 0.0502. The molecule has 1 saturated heterocycles. The Bertz CT molecular complexity index is 1440. The van der Waals surface area contributed by atoms with Gasteiger partial charge in [0.25, 0.3) is 17.7 Å². The topological polar surface area (TPSA) is 146 Å². The zero-order valence-corrected chi connectivity index (χ0v) is 22.8. The van der Waals surface area contributed by atoms with Crippen molar-refractivity contribution in [2.45, 2.75) is 38.8 Å². The largest absolute Gasteiger partial charge is 0.444 e. The predicted molar refractivity (Wildman–Crippen MR) is 146 cm³/mol. The van der Waals surface area contributed by atoms with Gasteiger partial charge < -0.3 is 30.6 Å². The molecule has 0 aliphatic carbocycles. The Labute approximate surface area is 234 Å². The molecule has 1 aliphatic rings. The molecule has 2 aromatic carbocycles. The fourth-order valence-corrected chi connectivity index (χ4v) is 4.28. The molecule has 13 heteroatoms. The van der Waals surface area contributed by atoms with Crippen LogP contribution in [-0.4, -0.2) is 63.4 Å². The van der Waals surface area contributed by atoms with Crippen LogP contribution in [0.5, 0.6) is 0 Å². The number of anilines is 2. The Morgan fingerprint density at radius 3 is 2.33 bits per heavy atom. The van der Waals surface area contributed by atoms with Gasteiger partial charge in [-0.3, -0.25) is 14.4 Å². The van der Waals surface area contributed by atoms with Crippen LogP contribution in [0.2, 0.25) is 5.02 Å². The molecule has 0 radical (unpaired) electrons. The van der Waals surface area contributed by atoms with E-state index >= 15 is 0 Å². The van der Waals surface area contributed by atoms with Crippen LogP contribution >= 0.6 is 11.6 Å². The molecule has 1 aliphatic heterocycles. The van der Waals surface area contributed by atoms with Crippen LogP contribution < -0.4 is 16.0 Å². The highest BCUT2D eigenvalue weighted by atomic mass is 35.5. The van der Waals surface area contributed by atoms with Gasteiger partial charge >= 0.3 is 6.09 Å². The molecule has 1 aromatic heterocycles. The highest BCUT2D eigenvalue weighted by Crippen LogP contribution is 2.21. The summed E-state index contributed by atoms with van der Waals surface area (Å²) in [4.78, 5) is 58.8. The van der Waals surface area contributed by atoms with Crippen LogP contribution in [0.25, 0.3) is 0 Å². The number of carbonyl (C=O) groups excluding carboxylic acids is 4. The van der Waals surface area contributed by atoms with Crippen molar-refractivity contribution in [1.29, 1.82) is 0 Å². The van der Waals surface area contributed by atoms with Crippen molar-refractivity contribution in [2.75, 3.05) is 23.7 Å². The molecule has 1 atom stereocenters. The number of aromatic nitrogens is 2. The van der Waals surface area contributed by atoms with Crippen LogP contribution in [0.3, 0.4) is 0 Å². The number of alkyl carbamates (subject to hydrolysis) is 1. The van der Waals surface area contributed by atoms with Gasteiger partial charge in [0.2, 0.25) is 0 Å². The van der Waals surface area contributed by atoms with Gasteiger partial charge in [-0.05, 0) is 69.7 Å². The summed E-state index contributed by atoms with van der Waals surface area (Å²) < 4.78 is 18.5. The summed E-state index contributed by atoms with van der Waals surface area (Å²) in [6.45, 7) is 5.94. The van der Waals surface area contributed by atoms with Crippen LogP contribution in [0.15, 0.2) is 48.8 Å². The maximum atomic E-state index is 13.2.